The third-order valence-corrected chi connectivity index (χ3v) is 2.41. The summed E-state index contributed by atoms with van der Waals surface area (Å²) in [4.78, 5) is 13.3. The van der Waals surface area contributed by atoms with Crippen molar-refractivity contribution < 1.29 is 4.79 Å². The Morgan fingerprint density at radius 3 is 2.54 bits per heavy atom. The number of likely N-dealkylation sites (tertiary alicyclic amines) is 1. The fourth-order valence-electron chi connectivity index (χ4n) is 1.44. The fourth-order valence-corrected chi connectivity index (χ4v) is 1.44. The maximum Gasteiger partial charge on any atom is 0.223 e. The maximum absolute atomic E-state index is 11.4. The SMILES string of the molecule is C[C@@H]1CCC(=O)N1CNC(C)(C)C. The molecule has 1 N–H and O–H groups in total. The van der Waals surface area contributed by atoms with Gasteiger partial charge in [-0.15, -0.1) is 0 Å². The highest BCUT2D eigenvalue weighted by atomic mass is 16.2. The first kappa shape index (κ1) is 10.5. The quantitative estimate of drug-likeness (QED) is 0.702. The van der Waals surface area contributed by atoms with E-state index in [1.807, 2.05) is 4.90 Å². The van der Waals surface area contributed by atoms with Crippen molar-refractivity contribution in [2.24, 2.45) is 0 Å². The number of rotatable bonds is 2. The van der Waals surface area contributed by atoms with Gasteiger partial charge in [-0.2, -0.15) is 0 Å². The smallest absolute Gasteiger partial charge is 0.223 e. The van der Waals surface area contributed by atoms with Crippen LogP contribution in [-0.2, 0) is 4.79 Å². The average Bonchev–Trinajstić information content (AvgIpc) is 2.27. The second kappa shape index (κ2) is 3.66. The van der Waals surface area contributed by atoms with Gasteiger partial charge in [0, 0.05) is 18.0 Å². The Labute approximate surface area is 80.5 Å². The summed E-state index contributed by atoms with van der Waals surface area (Å²) in [7, 11) is 0. The van der Waals surface area contributed by atoms with E-state index >= 15 is 0 Å². The van der Waals surface area contributed by atoms with Gasteiger partial charge in [0.15, 0.2) is 0 Å². The molecule has 3 nitrogen and oxygen atoms in total. The van der Waals surface area contributed by atoms with Crippen LogP contribution in [0, 0.1) is 0 Å². The zero-order valence-corrected chi connectivity index (χ0v) is 9.05. The third-order valence-electron chi connectivity index (χ3n) is 2.41. The number of hydrogen-bond acceptors (Lipinski definition) is 2. The van der Waals surface area contributed by atoms with Crippen LogP contribution in [0.2, 0.25) is 0 Å². The highest BCUT2D eigenvalue weighted by molar-refractivity contribution is 5.78. The molecule has 0 aromatic carbocycles. The van der Waals surface area contributed by atoms with Crippen molar-refractivity contribution in [3.63, 3.8) is 0 Å². The van der Waals surface area contributed by atoms with Crippen molar-refractivity contribution >= 4 is 5.91 Å². The lowest BCUT2D eigenvalue weighted by atomic mass is 10.1. The van der Waals surface area contributed by atoms with Crippen molar-refractivity contribution in [2.45, 2.75) is 52.1 Å². The molecule has 0 saturated carbocycles. The normalized spacial score (nSPS) is 24.2. The minimum atomic E-state index is 0.0859. The van der Waals surface area contributed by atoms with Gasteiger partial charge in [-0.3, -0.25) is 10.1 Å². The fraction of sp³-hybridized carbons (Fsp3) is 0.900. The molecule has 1 fully saturated rings. The van der Waals surface area contributed by atoms with E-state index in [9.17, 15) is 4.79 Å². The summed E-state index contributed by atoms with van der Waals surface area (Å²) >= 11 is 0. The van der Waals surface area contributed by atoms with Gasteiger partial charge in [0.25, 0.3) is 0 Å². The van der Waals surface area contributed by atoms with E-state index in [0.717, 1.165) is 6.42 Å². The monoisotopic (exact) mass is 184 g/mol. The van der Waals surface area contributed by atoms with E-state index < -0.39 is 0 Å². The lowest BCUT2D eigenvalue weighted by molar-refractivity contribution is -0.129. The van der Waals surface area contributed by atoms with E-state index in [-0.39, 0.29) is 11.4 Å². The molecule has 3 heteroatoms. The van der Waals surface area contributed by atoms with Gasteiger partial charge in [-0.25, -0.2) is 0 Å². The Morgan fingerprint density at radius 2 is 2.15 bits per heavy atom. The molecule has 13 heavy (non-hydrogen) atoms. The standard InChI is InChI=1S/C10H20N2O/c1-8-5-6-9(13)12(8)7-11-10(2,3)4/h8,11H,5-7H2,1-4H3/t8-/m1/s1. The van der Waals surface area contributed by atoms with E-state index in [0.29, 0.717) is 19.1 Å². The topological polar surface area (TPSA) is 32.3 Å². The molecule has 0 bridgehead atoms. The van der Waals surface area contributed by atoms with Crippen LogP contribution in [-0.4, -0.2) is 29.1 Å². The third kappa shape index (κ3) is 2.99. The van der Waals surface area contributed by atoms with Gasteiger partial charge in [-0.1, -0.05) is 0 Å². The summed E-state index contributed by atoms with van der Waals surface area (Å²) in [6.45, 7) is 9.12. The second-order valence-electron chi connectivity index (χ2n) is 4.84. The minimum absolute atomic E-state index is 0.0859. The molecule has 1 atom stereocenters. The number of carbonyl (C=O) groups excluding carboxylic acids is 1. The average molecular weight is 184 g/mol. The highest BCUT2D eigenvalue weighted by Crippen LogP contribution is 2.17. The number of carbonyl (C=O) groups is 1. The Hall–Kier alpha value is -0.570. The lowest BCUT2D eigenvalue weighted by Crippen LogP contribution is -2.46. The molecule has 0 spiro atoms. The molecular formula is C10H20N2O. The van der Waals surface area contributed by atoms with Crippen molar-refractivity contribution in [2.75, 3.05) is 6.67 Å². The van der Waals surface area contributed by atoms with Gasteiger partial charge in [-0.05, 0) is 34.1 Å². The lowest BCUT2D eigenvalue weighted by Gasteiger charge is -2.28. The zero-order chi connectivity index (χ0) is 10.1. The Balaban J connectivity index is 2.40. The van der Waals surface area contributed by atoms with Crippen LogP contribution in [0.1, 0.15) is 40.5 Å². The summed E-state index contributed by atoms with van der Waals surface area (Å²) in [5.41, 5.74) is 0.0859. The van der Waals surface area contributed by atoms with E-state index in [2.05, 4.69) is 33.0 Å². The van der Waals surface area contributed by atoms with Crippen LogP contribution in [0.15, 0.2) is 0 Å². The Bertz CT molecular complexity index is 196. The molecule has 1 aliphatic heterocycles. The van der Waals surface area contributed by atoms with Crippen LogP contribution < -0.4 is 5.32 Å². The van der Waals surface area contributed by atoms with Crippen molar-refractivity contribution in [3.8, 4) is 0 Å². The summed E-state index contributed by atoms with van der Waals surface area (Å²) in [6.07, 6.45) is 1.72. The number of amides is 1. The molecule has 1 amide bonds. The van der Waals surface area contributed by atoms with Gasteiger partial charge in [0.2, 0.25) is 5.91 Å². The molecule has 0 unspecified atom stereocenters. The van der Waals surface area contributed by atoms with Crippen LogP contribution in [0.5, 0.6) is 0 Å². The van der Waals surface area contributed by atoms with Crippen molar-refractivity contribution in [1.82, 2.24) is 10.2 Å². The maximum atomic E-state index is 11.4. The van der Waals surface area contributed by atoms with Crippen LogP contribution >= 0.6 is 0 Å². The molecule has 0 aromatic rings. The summed E-state index contributed by atoms with van der Waals surface area (Å²) < 4.78 is 0. The Morgan fingerprint density at radius 1 is 1.54 bits per heavy atom. The predicted molar refractivity (Wildman–Crippen MR) is 53.3 cm³/mol. The molecule has 1 heterocycles. The second-order valence-corrected chi connectivity index (χ2v) is 4.84. The van der Waals surface area contributed by atoms with Gasteiger partial charge in [0.05, 0.1) is 6.67 Å². The van der Waals surface area contributed by atoms with Crippen LogP contribution in [0.4, 0.5) is 0 Å². The molecule has 76 valence electrons. The van der Waals surface area contributed by atoms with Gasteiger partial charge < -0.3 is 4.90 Å². The van der Waals surface area contributed by atoms with Crippen molar-refractivity contribution in [1.29, 1.82) is 0 Å². The van der Waals surface area contributed by atoms with Crippen molar-refractivity contribution in [3.05, 3.63) is 0 Å². The first-order valence-electron chi connectivity index (χ1n) is 4.94. The highest BCUT2D eigenvalue weighted by Gasteiger charge is 2.27. The Kier molecular flexibility index (Phi) is 2.96. The molecule has 1 saturated heterocycles. The molecule has 1 aliphatic rings. The van der Waals surface area contributed by atoms with Gasteiger partial charge >= 0.3 is 0 Å². The number of nitrogens with one attached hydrogen (secondary N) is 1. The summed E-state index contributed by atoms with van der Waals surface area (Å²) in [6, 6.07) is 0.405. The first-order chi connectivity index (χ1) is 5.90. The summed E-state index contributed by atoms with van der Waals surface area (Å²) in [5, 5.41) is 3.33. The summed E-state index contributed by atoms with van der Waals surface area (Å²) in [5.74, 6) is 0.282. The van der Waals surface area contributed by atoms with Crippen LogP contribution in [0.25, 0.3) is 0 Å². The number of nitrogens with zero attached hydrogens (tertiary/aromatic N) is 1. The van der Waals surface area contributed by atoms with E-state index in [1.165, 1.54) is 0 Å². The molecular weight excluding hydrogens is 164 g/mol. The predicted octanol–water partition coefficient (Wildman–Crippen LogP) is 1.34. The molecule has 0 radical (unpaired) electrons. The number of hydrogen-bond donors (Lipinski definition) is 1. The largest absolute Gasteiger partial charge is 0.327 e. The van der Waals surface area contributed by atoms with E-state index in [1.54, 1.807) is 0 Å². The first-order valence-corrected chi connectivity index (χ1v) is 4.94. The minimum Gasteiger partial charge on any atom is -0.327 e. The van der Waals surface area contributed by atoms with E-state index in [4.69, 9.17) is 0 Å². The van der Waals surface area contributed by atoms with Gasteiger partial charge in [0.1, 0.15) is 0 Å². The van der Waals surface area contributed by atoms with Crippen LogP contribution in [0.3, 0.4) is 0 Å². The molecule has 1 rings (SSSR count). The molecule has 0 aromatic heterocycles. The molecule has 0 aliphatic carbocycles. The zero-order valence-electron chi connectivity index (χ0n) is 9.05.